The first kappa shape index (κ1) is 47.8. The monoisotopic (exact) mass is 976 g/mol. The Hall–Kier alpha value is -6.11. The van der Waals surface area contributed by atoms with E-state index < -0.39 is 226 Å². The number of benzene rings is 5. The zero-order valence-corrected chi connectivity index (χ0v) is 31.4. The molecule has 0 aromatic heterocycles. The van der Waals surface area contributed by atoms with Crippen molar-refractivity contribution >= 4 is 28.9 Å². The second kappa shape index (κ2) is 15.5. The van der Waals surface area contributed by atoms with Gasteiger partial charge in [-0.2, -0.15) is 0 Å². The number of halogens is 25. The third kappa shape index (κ3) is 5.48. The van der Waals surface area contributed by atoms with E-state index in [0.29, 0.717) is 13.8 Å². The molecule has 0 saturated heterocycles. The largest absolute Gasteiger partial charge is 0.221 e. The lowest BCUT2D eigenvalue weighted by molar-refractivity contribution is 0.365. The first-order chi connectivity index (χ1) is 30.6. The summed E-state index contributed by atoms with van der Waals surface area (Å²) in [5.41, 5.74) is -25.1. The molecule has 0 amide bonds. The van der Waals surface area contributed by atoms with E-state index in [1.807, 2.05) is 0 Å². The van der Waals surface area contributed by atoms with Crippen molar-refractivity contribution in [2.24, 2.45) is 0 Å². The van der Waals surface area contributed by atoms with Gasteiger partial charge in [0, 0.05) is 16.2 Å². The zero-order chi connectivity index (χ0) is 49.6. The molecule has 348 valence electrons. The van der Waals surface area contributed by atoms with Crippen molar-refractivity contribution in [3.63, 3.8) is 0 Å². The van der Waals surface area contributed by atoms with Gasteiger partial charge in [-0.25, -0.2) is 110 Å². The van der Waals surface area contributed by atoms with Gasteiger partial charge in [-0.15, -0.1) is 0 Å². The smallest absolute Gasteiger partial charge is 0.204 e. The van der Waals surface area contributed by atoms with Crippen LogP contribution in [0.3, 0.4) is 0 Å². The molecule has 0 nitrogen and oxygen atoms in total. The highest BCUT2D eigenvalue weighted by Crippen LogP contribution is 2.79. The van der Waals surface area contributed by atoms with Crippen LogP contribution in [0.2, 0.25) is 5.31 Å². The molecule has 0 fully saturated rings. The van der Waals surface area contributed by atoms with Crippen LogP contribution >= 0.6 is 0 Å². The molecule has 0 saturated carbocycles. The van der Waals surface area contributed by atoms with Crippen molar-refractivity contribution in [2.75, 3.05) is 0 Å². The molecule has 0 spiro atoms. The zero-order valence-electron chi connectivity index (χ0n) is 31.4. The average Bonchev–Trinajstić information content (AvgIpc) is 3.68. The van der Waals surface area contributed by atoms with Crippen molar-refractivity contribution in [3.05, 3.63) is 173 Å². The van der Waals surface area contributed by atoms with E-state index in [9.17, 15) is 22.0 Å². The van der Waals surface area contributed by atoms with Crippen molar-refractivity contribution in [1.29, 1.82) is 0 Å². The highest BCUT2D eigenvalue weighted by atomic mass is 19.2. The molecule has 66 heavy (non-hydrogen) atoms. The molecule has 26 heteroatoms. The Bertz CT molecular complexity index is 2990. The molecule has 5 aromatic rings. The average molecular weight is 976 g/mol. The maximum absolute atomic E-state index is 16.9. The van der Waals surface area contributed by atoms with E-state index >= 15 is 87.8 Å². The lowest BCUT2D eigenvalue weighted by Gasteiger charge is -2.40. The van der Waals surface area contributed by atoms with E-state index in [4.69, 9.17) is 0 Å². The standard InChI is InChI=1S/C40H10BF25/c1-3-5-9(6-14(42)24(52)34(62)25(53)15(6)43)40(12-20(48)30(58)37(65)31(59)21(12)49)11(8-18(46)28(56)36(64)29(57)19(8)47)10(7-16(44)26(54)35(63)27(55)17(7)45)39(5,4-2)41(40)13-22(50)32(60)38(66)33(61)23(13)51/h3-4H2,1-2H3. The highest BCUT2D eigenvalue weighted by Gasteiger charge is 2.76. The van der Waals surface area contributed by atoms with Crippen molar-refractivity contribution in [1.82, 2.24) is 0 Å². The van der Waals surface area contributed by atoms with E-state index in [-0.39, 0.29) is 0 Å². The Morgan fingerprint density at radius 2 is 0.530 bits per heavy atom. The number of hydrogen-bond acceptors (Lipinski definition) is 0. The Morgan fingerprint density at radius 1 is 0.288 bits per heavy atom. The second-order valence-corrected chi connectivity index (χ2v) is 14.3. The van der Waals surface area contributed by atoms with Gasteiger partial charge in [0.05, 0.1) is 16.7 Å². The van der Waals surface area contributed by atoms with Crippen LogP contribution in [0.25, 0.3) is 16.7 Å². The van der Waals surface area contributed by atoms with Crippen molar-refractivity contribution in [2.45, 2.75) is 37.3 Å². The SMILES string of the molecule is CCC1=C(c2c(F)c(F)c(F)c(F)c2F)C2(c3c(F)c(F)c(F)c(F)c3F)B(c3c(F)c(F)c(F)c(F)c3F)C1(CC)C(c1c(F)c(F)c(F)c(F)c1F)=C2c1c(F)c(F)c(F)c(F)c1F. The molecule has 2 atom stereocenters. The van der Waals surface area contributed by atoms with E-state index in [2.05, 4.69) is 0 Å². The van der Waals surface area contributed by atoms with E-state index in [1.165, 1.54) is 0 Å². The summed E-state index contributed by atoms with van der Waals surface area (Å²) in [6.07, 6.45) is -3.46. The van der Waals surface area contributed by atoms with Crippen LogP contribution in [0, 0.1) is 145 Å². The molecule has 2 aliphatic rings. The third-order valence-electron chi connectivity index (χ3n) is 11.7. The Kier molecular flexibility index (Phi) is 11.2. The predicted molar refractivity (Wildman–Crippen MR) is 175 cm³/mol. The Balaban J connectivity index is 2.06. The minimum atomic E-state index is -5.43. The van der Waals surface area contributed by atoms with Gasteiger partial charge in [0.15, 0.2) is 122 Å². The van der Waals surface area contributed by atoms with Gasteiger partial charge < -0.3 is 0 Å². The van der Waals surface area contributed by atoms with E-state index in [0.717, 1.165) is 0 Å². The summed E-state index contributed by atoms with van der Waals surface area (Å²) < 4.78 is 394. The maximum Gasteiger partial charge on any atom is 0.221 e. The summed E-state index contributed by atoms with van der Waals surface area (Å²) in [6, 6.07) is 0. The molecule has 0 aliphatic carbocycles. The number of hydrogen-bond donors (Lipinski definition) is 0. The van der Waals surface area contributed by atoms with Crippen LogP contribution in [0.5, 0.6) is 0 Å². The fraction of sp³-hybridized carbons (Fsp3) is 0.150. The summed E-state index contributed by atoms with van der Waals surface area (Å²) in [4.78, 5) is 0. The third-order valence-corrected chi connectivity index (χ3v) is 11.7. The summed E-state index contributed by atoms with van der Waals surface area (Å²) in [7, 11) is 0. The highest BCUT2D eigenvalue weighted by molar-refractivity contribution is 6.89. The molecule has 5 aromatic carbocycles. The quantitative estimate of drug-likeness (QED) is 0.0660. The molecular formula is C40H10BF25. The van der Waals surface area contributed by atoms with Gasteiger partial charge in [0.25, 0.3) is 0 Å². The van der Waals surface area contributed by atoms with E-state index in [1.54, 1.807) is 0 Å². The molecule has 2 aliphatic heterocycles. The van der Waals surface area contributed by atoms with Crippen LogP contribution in [-0.4, -0.2) is 6.71 Å². The molecule has 2 heterocycles. The van der Waals surface area contributed by atoms with Crippen molar-refractivity contribution < 1.29 is 110 Å². The molecule has 0 N–H and O–H groups in total. The van der Waals surface area contributed by atoms with Crippen LogP contribution in [0.1, 0.15) is 48.9 Å². The Morgan fingerprint density at radius 3 is 0.818 bits per heavy atom. The molecular weight excluding hydrogens is 966 g/mol. The summed E-state index contributed by atoms with van der Waals surface area (Å²) in [5.74, 6) is -84.4. The predicted octanol–water partition coefficient (Wildman–Crippen LogP) is 13.0. The van der Waals surface area contributed by atoms with Gasteiger partial charge in [-0.1, -0.05) is 19.4 Å². The van der Waals surface area contributed by atoms with Gasteiger partial charge in [-0.3, -0.25) is 0 Å². The van der Waals surface area contributed by atoms with Crippen molar-refractivity contribution in [3.8, 4) is 0 Å². The fourth-order valence-electron chi connectivity index (χ4n) is 9.40. The Labute approximate surface area is 349 Å². The first-order valence-corrected chi connectivity index (χ1v) is 17.7. The van der Waals surface area contributed by atoms with Crippen LogP contribution in [0.4, 0.5) is 110 Å². The molecule has 2 unspecified atom stereocenters. The van der Waals surface area contributed by atoms with Gasteiger partial charge in [-0.05, 0) is 35.0 Å². The molecule has 0 radical (unpaired) electrons. The van der Waals surface area contributed by atoms with Crippen LogP contribution in [-0.2, 0) is 5.31 Å². The lowest BCUT2D eigenvalue weighted by atomic mass is 9.21. The summed E-state index contributed by atoms with van der Waals surface area (Å²) in [6.45, 7) is -3.36. The molecule has 7 rings (SSSR count). The lowest BCUT2D eigenvalue weighted by Crippen LogP contribution is -2.55. The van der Waals surface area contributed by atoms with Gasteiger partial charge in [0.2, 0.25) is 30.0 Å². The van der Waals surface area contributed by atoms with Gasteiger partial charge >= 0.3 is 0 Å². The molecule has 2 bridgehead atoms. The second-order valence-electron chi connectivity index (χ2n) is 14.3. The van der Waals surface area contributed by atoms with Crippen LogP contribution < -0.4 is 5.46 Å². The summed E-state index contributed by atoms with van der Waals surface area (Å²) in [5, 5.41) is -9.66. The topological polar surface area (TPSA) is 0 Å². The number of rotatable bonds is 7. The minimum absolute atomic E-state index is 0.382. The van der Waals surface area contributed by atoms with Gasteiger partial charge in [0.1, 0.15) is 0 Å². The van der Waals surface area contributed by atoms with Crippen LogP contribution in [0.15, 0.2) is 5.57 Å². The number of fused-ring (bicyclic) bond motifs is 2. The first-order valence-electron chi connectivity index (χ1n) is 17.7. The minimum Gasteiger partial charge on any atom is -0.204 e. The number of allylic oxidation sites excluding steroid dienone is 4. The fourth-order valence-corrected chi connectivity index (χ4v) is 9.40. The summed E-state index contributed by atoms with van der Waals surface area (Å²) >= 11 is 0. The normalized spacial score (nSPS) is 18.3. The maximum atomic E-state index is 16.9.